The van der Waals surface area contributed by atoms with Crippen molar-refractivity contribution in [2.75, 3.05) is 13.1 Å². The molecule has 32 heavy (non-hydrogen) atoms. The summed E-state index contributed by atoms with van der Waals surface area (Å²) < 4.78 is 0. The van der Waals surface area contributed by atoms with Crippen molar-refractivity contribution >= 4 is 46.7 Å². The van der Waals surface area contributed by atoms with Crippen molar-refractivity contribution in [3.05, 3.63) is 70.4 Å². The zero-order valence-electron chi connectivity index (χ0n) is 17.0. The summed E-state index contributed by atoms with van der Waals surface area (Å²) in [6.45, 7) is 1.41. The van der Waals surface area contributed by atoms with E-state index in [1.807, 2.05) is 0 Å². The number of nitrogens with one attached hydrogen (secondary N) is 1. The van der Waals surface area contributed by atoms with E-state index < -0.39 is 34.9 Å². The van der Waals surface area contributed by atoms with Gasteiger partial charge in [-0.1, -0.05) is 18.2 Å². The van der Waals surface area contributed by atoms with Gasteiger partial charge in [0.15, 0.2) is 0 Å². The Morgan fingerprint density at radius 1 is 1.06 bits per heavy atom. The van der Waals surface area contributed by atoms with Crippen molar-refractivity contribution in [2.24, 2.45) is 0 Å². The van der Waals surface area contributed by atoms with Crippen LogP contribution >= 0.6 is 11.8 Å². The minimum atomic E-state index is -1.04. The Bertz CT molecular complexity index is 1130. The number of amides is 5. The SMILES string of the molecule is C[C@H](C(=O)NCCN1C(=O)S/C(=C\c2cccnc2)C1=O)N1C(=O)c2ccccc2C1=O. The van der Waals surface area contributed by atoms with Gasteiger partial charge in [-0.15, -0.1) is 0 Å². The van der Waals surface area contributed by atoms with Crippen molar-refractivity contribution in [2.45, 2.75) is 13.0 Å². The molecule has 2 aliphatic rings. The number of fused-ring (bicyclic) bond motifs is 1. The molecular weight excluding hydrogens is 432 g/mol. The smallest absolute Gasteiger partial charge is 0.293 e. The molecule has 1 N–H and O–H groups in total. The first-order valence-corrected chi connectivity index (χ1v) is 10.6. The molecule has 0 bridgehead atoms. The summed E-state index contributed by atoms with van der Waals surface area (Å²) in [4.78, 5) is 68.5. The van der Waals surface area contributed by atoms with Gasteiger partial charge >= 0.3 is 0 Å². The quantitative estimate of drug-likeness (QED) is 0.528. The number of hydrogen-bond acceptors (Lipinski definition) is 7. The van der Waals surface area contributed by atoms with Crippen LogP contribution in [-0.2, 0) is 9.59 Å². The van der Waals surface area contributed by atoms with E-state index in [2.05, 4.69) is 10.3 Å². The molecule has 2 aromatic rings. The van der Waals surface area contributed by atoms with Gasteiger partial charge < -0.3 is 5.32 Å². The van der Waals surface area contributed by atoms with E-state index in [0.29, 0.717) is 5.56 Å². The average Bonchev–Trinajstić information content (AvgIpc) is 3.21. The summed E-state index contributed by atoms with van der Waals surface area (Å²) in [6.07, 6.45) is 4.77. The molecule has 0 unspecified atom stereocenters. The third kappa shape index (κ3) is 3.92. The predicted octanol–water partition coefficient (Wildman–Crippen LogP) is 1.92. The molecule has 1 aromatic carbocycles. The van der Waals surface area contributed by atoms with E-state index in [-0.39, 0.29) is 29.1 Å². The van der Waals surface area contributed by atoms with Crippen LogP contribution in [0.3, 0.4) is 0 Å². The summed E-state index contributed by atoms with van der Waals surface area (Å²) in [5, 5.41) is 2.15. The second-order valence-electron chi connectivity index (χ2n) is 7.11. The maximum Gasteiger partial charge on any atom is 0.293 e. The number of imide groups is 2. The van der Waals surface area contributed by atoms with Gasteiger partial charge in [0.2, 0.25) is 5.91 Å². The van der Waals surface area contributed by atoms with E-state index >= 15 is 0 Å². The number of carbonyl (C=O) groups excluding carboxylic acids is 5. The second-order valence-corrected chi connectivity index (χ2v) is 8.11. The highest BCUT2D eigenvalue weighted by Gasteiger charge is 2.40. The molecule has 0 spiro atoms. The number of nitrogens with zero attached hydrogens (tertiary/aromatic N) is 3. The molecular formula is C22H18N4O5S. The maximum atomic E-state index is 12.5. The van der Waals surface area contributed by atoms with Crippen LogP contribution in [0.2, 0.25) is 0 Å². The second kappa shape index (κ2) is 8.75. The van der Waals surface area contributed by atoms with Crippen molar-refractivity contribution < 1.29 is 24.0 Å². The van der Waals surface area contributed by atoms with Crippen LogP contribution in [0.1, 0.15) is 33.2 Å². The third-order valence-electron chi connectivity index (χ3n) is 5.08. The van der Waals surface area contributed by atoms with Gasteiger partial charge in [0.25, 0.3) is 23.0 Å². The molecule has 5 amide bonds. The van der Waals surface area contributed by atoms with Crippen LogP contribution in [0, 0.1) is 0 Å². The fraction of sp³-hybridized carbons (Fsp3) is 0.182. The van der Waals surface area contributed by atoms with Crippen molar-refractivity contribution in [1.82, 2.24) is 20.1 Å². The van der Waals surface area contributed by atoms with E-state index in [4.69, 9.17) is 0 Å². The Morgan fingerprint density at radius 3 is 2.38 bits per heavy atom. The Hall–Kier alpha value is -3.79. The molecule has 1 saturated heterocycles. The molecule has 0 saturated carbocycles. The molecule has 2 aliphatic heterocycles. The Labute approximate surface area is 187 Å². The first kappa shape index (κ1) is 21.4. The number of aromatic nitrogens is 1. The summed E-state index contributed by atoms with van der Waals surface area (Å²) in [7, 11) is 0. The van der Waals surface area contributed by atoms with Crippen LogP contribution in [-0.4, -0.2) is 62.8 Å². The summed E-state index contributed by atoms with van der Waals surface area (Å²) in [5.74, 6) is -2.07. The lowest BCUT2D eigenvalue weighted by Gasteiger charge is -2.22. The number of rotatable bonds is 6. The highest BCUT2D eigenvalue weighted by Crippen LogP contribution is 2.31. The lowest BCUT2D eigenvalue weighted by Crippen LogP contribution is -2.49. The molecule has 9 nitrogen and oxygen atoms in total. The highest BCUT2D eigenvalue weighted by atomic mass is 32.2. The highest BCUT2D eigenvalue weighted by molar-refractivity contribution is 8.18. The molecule has 162 valence electrons. The van der Waals surface area contributed by atoms with Crippen LogP contribution in [0.15, 0.2) is 53.7 Å². The van der Waals surface area contributed by atoms with Gasteiger partial charge in [0.1, 0.15) is 6.04 Å². The van der Waals surface area contributed by atoms with Crippen LogP contribution in [0.4, 0.5) is 4.79 Å². The fourth-order valence-electron chi connectivity index (χ4n) is 3.42. The number of pyridine rings is 1. The molecule has 1 aromatic heterocycles. The zero-order valence-corrected chi connectivity index (χ0v) is 17.8. The zero-order chi connectivity index (χ0) is 22.8. The maximum absolute atomic E-state index is 12.5. The normalized spacial score (nSPS) is 17.8. The van der Waals surface area contributed by atoms with E-state index in [9.17, 15) is 24.0 Å². The van der Waals surface area contributed by atoms with E-state index in [0.717, 1.165) is 21.6 Å². The van der Waals surface area contributed by atoms with Gasteiger partial charge in [-0.05, 0) is 48.5 Å². The Morgan fingerprint density at radius 2 is 1.75 bits per heavy atom. The molecule has 1 fully saturated rings. The molecule has 1 atom stereocenters. The van der Waals surface area contributed by atoms with Crippen LogP contribution < -0.4 is 5.32 Å². The summed E-state index contributed by atoms with van der Waals surface area (Å²) in [6, 6.07) is 8.83. The number of carbonyl (C=O) groups is 5. The van der Waals surface area contributed by atoms with Gasteiger partial charge in [0, 0.05) is 25.5 Å². The molecule has 10 heteroatoms. The Balaban J connectivity index is 1.35. The average molecular weight is 450 g/mol. The minimum Gasteiger partial charge on any atom is -0.353 e. The molecule has 3 heterocycles. The van der Waals surface area contributed by atoms with Gasteiger partial charge in [-0.25, -0.2) is 0 Å². The predicted molar refractivity (Wildman–Crippen MR) is 116 cm³/mol. The largest absolute Gasteiger partial charge is 0.353 e. The van der Waals surface area contributed by atoms with Crippen LogP contribution in [0.5, 0.6) is 0 Å². The van der Waals surface area contributed by atoms with Crippen LogP contribution in [0.25, 0.3) is 6.08 Å². The first-order valence-electron chi connectivity index (χ1n) is 9.78. The fourth-order valence-corrected chi connectivity index (χ4v) is 4.29. The van der Waals surface area contributed by atoms with Gasteiger partial charge in [-0.2, -0.15) is 0 Å². The number of thioether (sulfide) groups is 1. The number of hydrogen-bond donors (Lipinski definition) is 1. The minimum absolute atomic E-state index is 0.00937. The lowest BCUT2D eigenvalue weighted by molar-refractivity contribution is -0.126. The lowest BCUT2D eigenvalue weighted by atomic mass is 10.1. The summed E-state index contributed by atoms with van der Waals surface area (Å²) in [5.41, 5.74) is 1.21. The van der Waals surface area contributed by atoms with E-state index in [1.165, 1.54) is 6.92 Å². The first-order chi connectivity index (χ1) is 15.4. The van der Waals surface area contributed by atoms with Gasteiger partial charge in [0.05, 0.1) is 16.0 Å². The van der Waals surface area contributed by atoms with Gasteiger partial charge in [-0.3, -0.25) is 38.8 Å². The Kier molecular flexibility index (Phi) is 5.87. The molecule has 4 rings (SSSR count). The third-order valence-corrected chi connectivity index (χ3v) is 5.99. The standard InChI is InChI=1S/C22H18N4O5S/c1-13(26-19(28)15-6-2-3-7-16(15)20(26)29)18(27)24-9-10-25-21(30)17(32-22(25)31)11-14-5-4-8-23-12-14/h2-8,11-13H,9-10H2,1H3,(H,24,27)/b17-11-/t13-/m1/s1. The summed E-state index contributed by atoms with van der Waals surface area (Å²) >= 11 is 0.816. The van der Waals surface area contributed by atoms with Crippen molar-refractivity contribution in [3.63, 3.8) is 0 Å². The topological polar surface area (TPSA) is 117 Å². The van der Waals surface area contributed by atoms with Crippen molar-refractivity contribution in [3.8, 4) is 0 Å². The number of benzene rings is 1. The monoisotopic (exact) mass is 450 g/mol. The van der Waals surface area contributed by atoms with Crippen molar-refractivity contribution in [1.29, 1.82) is 0 Å². The molecule has 0 radical (unpaired) electrons. The van der Waals surface area contributed by atoms with E-state index in [1.54, 1.807) is 54.9 Å². The molecule has 0 aliphatic carbocycles.